The number of hydrogen-bond donors (Lipinski definition) is 2. The van der Waals surface area contributed by atoms with E-state index in [-0.39, 0.29) is 0 Å². The van der Waals surface area contributed by atoms with Crippen molar-refractivity contribution in [1.82, 2.24) is 9.97 Å². The Morgan fingerprint density at radius 3 is 2.57 bits per heavy atom. The maximum Gasteiger partial charge on any atom is 0.163 e. The number of halogens is 1. The van der Waals surface area contributed by atoms with Gasteiger partial charge in [-0.05, 0) is 31.0 Å². The molecule has 3 N–H and O–H groups in total. The van der Waals surface area contributed by atoms with Gasteiger partial charge in [0.25, 0.3) is 0 Å². The quantitative estimate of drug-likeness (QED) is 0.650. The average Bonchev–Trinajstić information content (AvgIpc) is 2.46. The van der Waals surface area contributed by atoms with Crippen molar-refractivity contribution in [3.8, 4) is 17.1 Å². The van der Waals surface area contributed by atoms with Crippen molar-refractivity contribution in [3.05, 3.63) is 33.9 Å². The molecule has 0 atom stereocenters. The van der Waals surface area contributed by atoms with E-state index in [0.717, 1.165) is 27.0 Å². The van der Waals surface area contributed by atoms with Crippen molar-refractivity contribution in [2.24, 2.45) is 5.84 Å². The first-order valence-electron chi connectivity index (χ1n) is 6.67. The van der Waals surface area contributed by atoms with E-state index in [1.807, 2.05) is 25.1 Å². The number of aryl methyl sites for hydroxylation is 1. The van der Waals surface area contributed by atoms with E-state index in [9.17, 15) is 0 Å². The van der Waals surface area contributed by atoms with Crippen LogP contribution in [0.25, 0.3) is 11.4 Å². The summed E-state index contributed by atoms with van der Waals surface area (Å²) in [5.74, 6) is 7.93. The predicted molar refractivity (Wildman–Crippen MR) is 88.4 cm³/mol. The smallest absolute Gasteiger partial charge is 0.163 e. The van der Waals surface area contributed by atoms with Crippen molar-refractivity contribution in [1.29, 1.82) is 0 Å². The molecule has 0 bridgehead atoms. The highest BCUT2D eigenvalue weighted by Crippen LogP contribution is 2.33. The molecule has 0 amide bonds. The molecule has 1 aromatic carbocycles. The molecule has 1 aromatic heterocycles. The van der Waals surface area contributed by atoms with Gasteiger partial charge in [0, 0.05) is 21.3 Å². The van der Waals surface area contributed by atoms with Crippen LogP contribution in [0.3, 0.4) is 0 Å². The standard InChI is InChI=1S/C15H19BrN4O/c1-8(2)13-9(3)18-14(19-15(13)20-17)11-7-10(21-4)5-6-12(11)16/h5-8H,17H2,1-4H3,(H,18,19,20). The van der Waals surface area contributed by atoms with Crippen LogP contribution in [0.15, 0.2) is 22.7 Å². The highest BCUT2D eigenvalue weighted by Gasteiger charge is 2.16. The molecule has 1 heterocycles. The second-order valence-electron chi connectivity index (χ2n) is 5.04. The Bertz CT molecular complexity index is 658. The first kappa shape index (κ1) is 15.7. The Labute approximate surface area is 133 Å². The lowest BCUT2D eigenvalue weighted by Crippen LogP contribution is -2.14. The van der Waals surface area contributed by atoms with E-state index < -0.39 is 0 Å². The van der Waals surface area contributed by atoms with Crippen LogP contribution >= 0.6 is 15.9 Å². The van der Waals surface area contributed by atoms with E-state index in [2.05, 4.69) is 45.2 Å². The maximum atomic E-state index is 5.62. The summed E-state index contributed by atoms with van der Waals surface area (Å²) in [4.78, 5) is 9.16. The average molecular weight is 351 g/mol. The van der Waals surface area contributed by atoms with Crippen molar-refractivity contribution < 1.29 is 4.74 Å². The molecule has 6 heteroatoms. The summed E-state index contributed by atoms with van der Waals surface area (Å²) in [6.45, 7) is 6.15. The number of benzene rings is 1. The van der Waals surface area contributed by atoms with E-state index in [1.165, 1.54) is 0 Å². The number of rotatable bonds is 4. The summed E-state index contributed by atoms with van der Waals surface area (Å²) in [5, 5.41) is 0. The molecule has 0 radical (unpaired) electrons. The molecule has 0 unspecified atom stereocenters. The molecule has 0 aliphatic heterocycles. The minimum absolute atomic E-state index is 0.291. The zero-order valence-electron chi connectivity index (χ0n) is 12.6. The summed E-state index contributed by atoms with van der Waals surface area (Å²) in [7, 11) is 1.63. The Morgan fingerprint density at radius 2 is 2.00 bits per heavy atom. The molecular formula is C15H19BrN4O. The van der Waals surface area contributed by atoms with Gasteiger partial charge in [0.05, 0.1) is 7.11 Å². The highest BCUT2D eigenvalue weighted by atomic mass is 79.9. The van der Waals surface area contributed by atoms with Gasteiger partial charge in [0.1, 0.15) is 11.6 Å². The second-order valence-corrected chi connectivity index (χ2v) is 5.89. The highest BCUT2D eigenvalue weighted by molar-refractivity contribution is 9.10. The number of nitrogen functional groups attached to an aromatic ring is 1. The fraction of sp³-hybridized carbons (Fsp3) is 0.333. The number of nitrogens with two attached hydrogens (primary N) is 1. The van der Waals surface area contributed by atoms with Crippen LogP contribution in [0.5, 0.6) is 5.75 Å². The number of nitrogens with one attached hydrogen (secondary N) is 1. The van der Waals surface area contributed by atoms with Gasteiger partial charge in [0.15, 0.2) is 5.82 Å². The topological polar surface area (TPSA) is 73.1 Å². The number of hydrazine groups is 1. The van der Waals surface area contributed by atoms with Gasteiger partial charge in [-0.2, -0.15) is 0 Å². The summed E-state index contributed by atoms with van der Waals surface area (Å²) >= 11 is 3.53. The van der Waals surface area contributed by atoms with Crippen molar-refractivity contribution in [3.63, 3.8) is 0 Å². The van der Waals surface area contributed by atoms with E-state index >= 15 is 0 Å². The number of methoxy groups -OCH3 is 1. The Balaban J connectivity index is 2.63. The lowest BCUT2D eigenvalue weighted by molar-refractivity contribution is 0.415. The Morgan fingerprint density at radius 1 is 1.29 bits per heavy atom. The van der Waals surface area contributed by atoms with Gasteiger partial charge in [-0.1, -0.05) is 29.8 Å². The molecule has 0 aliphatic carbocycles. The monoisotopic (exact) mass is 350 g/mol. The molecule has 5 nitrogen and oxygen atoms in total. The minimum Gasteiger partial charge on any atom is -0.497 e. The fourth-order valence-corrected chi connectivity index (χ4v) is 2.73. The number of nitrogens with zero attached hydrogens (tertiary/aromatic N) is 2. The summed E-state index contributed by atoms with van der Waals surface area (Å²) < 4.78 is 6.17. The summed E-state index contributed by atoms with van der Waals surface area (Å²) in [6.07, 6.45) is 0. The van der Waals surface area contributed by atoms with Crippen LogP contribution in [0, 0.1) is 6.92 Å². The van der Waals surface area contributed by atoms with Crippen LogP contribution in [-0.4, -0.2) is 17.1 Å². The SMILES string of the molecule is COc1ccc(Br)c(-c2nc(C)c(C(C)C)c(NN)n2)c1. The second kappa shape index (κ2) is 6.41. The minimum atomic E-state index is 0.291. The maximum absolute atomic E-state index is 5.62. The van der Waals surface area contributed by atoms with E-state index in [0.29, 0.717) is 17.6 Å². The van der Waals surface area contributed by atoms with Gasteiger partial charge in [-0.3, -0.25) is 0 Å². The molecule has 0 spiro atoms. The molecule has 0 fully saturated rings. The first-order valence-corrected chi connectivity index (χ1v) is 7.46. The first-order chi connectivity index (χ1) is 9.97. The normalized spacial score (nSPS) is 10.8. The van der Waals surface area contributed by atoms with Crippen LogP contribution < -0.4 is 16.0 Å². The van der Waals surface area contributed by atoms with Crippen LogP contribution in [0.4, 0.5) is 5.82 Å². The molecule has 2 rings (SSSR count). The third-order valence-electron chi connectivity index (χ3n) is 3.26. The number of aromatic nitrogens is 2. The third-order valence-corrected chi connectivity index (χ3v) is 3.96. The van der Waals surface area contributed by atoms with Crippen molar-refractivity contribution >= 4 is 21.7 Å². The van der Waals surface area contributed by atoms with Crippen LogP contribution in [0.1, 0.15) is 31.0 Å². The fourth-order valence-electron chi connectivity index (χ4n) is 2.31. The Hall–Kier alpha value is -1.66. The number of ether oxygens (including phenoxy) is 1. The lowest BCUT2D eigenvalue weighted by Gasteiger charge is -2.16. The van der Waals surface area contributed by atoms with Crippen molar-refractivity contribution in [2.75, 3.05) is 12.5 Å². The third kappa shape index (κ3) is 3.16. The lowest BCUT2D eigenvalue weighted by atomic mass is 10.0. The molecule has 0 saturated heterocycles. The largest absolute Gasteiger partial charge is 0.497 e. The molecule has 0 saturated carbocycles. The zero-order chi connectivity index (χ0) is 15.6. The molecule has 0 aliphatic rings. The van der Waals surface area contributed by atoms with Gasteiger partial charge in [-0.25, -0.2) is 15.8 Å². The van der Waals surface area contributed by atoms with Crippen molar-refractivity contribution in [2.45, 2.75) is 26.7 Å². The van der Waals surface area contributed by atoms with Gasteiger partial charge in [-0.15, -0.1) is 0 Å². The molecule has 112 valence electrons. The number of hydrogen-bond acceptors (Lipinski definition) is 5. The van der Waals surface area contributed by atoms with Crippen LogP contribution in [-0.2, 0) is 0 Å². The van der Waals surface area contributed by atoms with Gasteiger partial charge < -0.3 is 10.2 Å². The zero-order valence-corrected chi connectivity index (χ0v) is 14.2. The number of anilines is 1. The van der Waals surface area contributed by atoms with Gasteiger partial charge in [0.2, 0.25) is 0 Å². The molecule has 2 aromatic rings. The van der Waals surface area contributed by atoms with Gasteiger partial charge >= 0.3 is 0 Å². The Kier molecular flexibility index (Phi) is 4.80. The molecular weight excluding hydrogens is 332 g/mol. The summed E-state index contributed by atoms with van der Waals surface area (Å²) in [5.41, 5.74) is 5.49. The molecule has 21 heavy (non-hydrogen) atoms. The summed E-state index contributed by atoms with van der Waals surface area (Å²) in [6, 6.07) is 5.69. The van der Waals surface area contributed by atoms with Crippen LogP contribution in [0.2, 0.25) is 0 Å². The predicted octanol–water partition coefficient (Wildman–Crippen LogP) is 3.63. The van der Waals surface area contributed by atoms with E-state index in [1.54, 1.807) is 7.11 Å². The van der Waals surface area contributed by atoms with E-state index in [4.69, 9.17) is 10.6 Å².